The second-order valence-electron chi connectivity index (χ2n) is 6.94. The fourth-order valence-electron chi connectivity index (χ4n) is 2.60. The molecule has 1 atom stereocenters. The number of hydrogen-bond donors (Lipinski definition) is 2. The highest BCUT2D eigenvalue weighted by Crippen LogP contribution is 2.31. The summed E-state index contributed by atoms with van der Waals surface area (Å²) in [5, 5.41) is 3.26. The van der Waals surface area contributed by atoms with Gasteiger partial charge in [0.05, 0.1) is 18.8 Å². The van der Waals surface area contributed by atoms with Crippen LogP contribution in [0.15, 0.2) is 39.9 Å². The van der Waals surface area contributed by atoms with Crippen molar-refractivity contribution < 1.29 is 9.15 Å². The molecule has 3 rings (SSSR count). The SMILES string of the molecule is CC(C)(C)c1cnc(CN=C(N)NC2CCOc3ccccc32)o1. The normalized spacial score (nSPS) is 18.0. The lowest BCUT2D eigenvalue weighted by Gasteiger charge is -2.26. The molecule has 0 spiro atoms. The predicted octanol–water partition coefficient (Wildman–Crippen LogP) is 2.90. The van der Waals surface area contributed by atoms with Crippen LogP contribution in [-0.2, 0) is 12.0 Å². The van der Waals surface area contributed by atoms with E-state index in [4.69, 9.17) is 14.9 Å². The van der Waals surface area contributed by atoms with Gasteiger partial charge in [-0.25, -0.2) is 9.98 Å². The van der Waals surface area contributed by atoms with E-state index in [-0.39, 0.29) is 11.5 Å². The molecule has 2 heterocycles. The van der Waals surface area contributed by atoms with Gasteiger partial charge in [-0.15, -0.1) is 0 Å². The summed E-state index contributed by atoms with van der Waals surface area (Å²) in [5.41, 5.74) is 7.07. The second-order valence-corrected chi connectivity index (χ2v) is 6.94. The van der Waals surface area contributed by atoms with Gasteiger partial charge < -0.3 is 20.2 Å². The molecule has 1 aliphatic heterocycles. The Bertz CT molecular complexity index is 731. The number of para-hydroxylation sites is 1. The average molecular weight is 328 g/mol. The van der Waals surface area contributed by atoms with Crippen LogP contribution in [0, 0.1) is 0 Å². The average Bonchev–Trinajstić information content (AvgIpc) is 3.03. The van der Waals surface area contributed by atoms with E-state index in [9.17, 15) is 0 Å². The highest BCUT2D eigenvalue weighted by Gasteiger charge is 2.21. The van der Waals surface area contributed by atoms with Crippen LogP contribution in [0.1, 0.15) is 50.4 Å². The second kappa shape index (κ2) is 6.55. The molecule has 0 amide bonds. The summed E-state index contributed by atoms with van der Waals surface area (Å²) in [7, 11) is 0. The Morgan fingerprint density at radius 2 is 2.17 bits per heavy atom. The van der Waals surface area contributed by atoms with Crippen molar-refractivity contribution in [1.82, 2.24) is 10.3 Å². The minimum absolute atomic E-state index is 0.0649. The predicted molar refractivity (Wildman–Crippen MR) is 93.0 cm³/mol. The summed E-state index contributed by atoms with van der Waals surface area (Å²) in [6.45, 7) is 7.23. The van der Waals surface area contributed by atoms with Crippen molar-refractivity contribution in [2.45, 2.75) is 45.2 Å². The molecular formula is C18H24N4O2. The molecule has 1 unspecified atom stereocenters. The molecule has 0 saturated carbocycles. The van der Waals surface area contributed by atoms with Gasteiger partial charge in [0, 0.05) is 17.4 Å². The molecule has 3 N–H and O–H groups in total. The molecule has 24 heavy (non-hydrogen) atoms. The van der Waals surface area contributed by atoms with Crippen LogP contribution in [0.2, 0.25) is 0 Å². The molecule has 0 aliphatic carbocycles. The van der Waals surface area contributed by atoms with Gasteiger partial charge in [-0.3, -0.25) is 0 Å². The maximum atomic E-state index is 6.03. The van der Waals surface area contributed by atoms with Crippen molar-refractivity contribution in [3.63, 3.8) is 0 Å². The van der Waals surface area contributed by atoms with Crippen molar-refractivity contribution in [2.75, 3.05) is 6.61 Å². The summed E-state index contributed by atoms with van der Waals surface area (Å²) >= 11 is 0. The van der Waals surface area contributed by atoms with Gasteiger partial charge >= 0.3 is 0 Å². The molecule has 0 radical (unpaired) electrons. The quantitative estimate of drug-likeness (QED) is 0.668. The zero-order chi connectivity index (χ0) is 17.2. The summed E-state index contributed by atoms with van der Waals surface area (Å²) in [6, 6.07) is 8.08. The Labute approximate surface area is 142 Å². The van der Waals surface area contributed by atoms with E-state index in [0.717, 1.165) is 23.5 Å². The molecule has 6 nitrogen and oxygen atoms in total. The summed E-state index contributed by atoms with van der Waals surface area (Å²) in [6.07, 6.45) is 2.60. The summed E-state index contributed by atoms with van der Waals surface area (Å²) in [4.78, 5) is 8.60. The van der Waals surface area contributed by atoms with E-state index in [1.165, 1.54) is 0 Å². The molecule has 0 fully saturated rings. The molecule has 0 bridgehead atoms. The fourth-order valence-corrected chi connectivity index (χ4v) is 2.60. The van der Waals surface area contributed by atoms with E-state index in [1.54, 1.807) is 6.20 Å². The molecule has 1 aromatic carbocycles. The first kappa shape index (κ1) is 16.4. The van der Waals surface area contributed by atoms with Gasteiger partial charge in [0.15, 0.2) is 5.96 Å². The zero-order valence-corrected chi connectivity index (χ0v) is 14.4. The monoisotopic (exact) mass is 328 g/mol. The van der Waals surface area contributed by atoms with Crippen LogP contribution < -0.4 is 15.8 Å². The molecular weight excluding hydrogens is 304 g/mol. The first-order valence-electron chi connectivity index (χ1n) is 8.17. The Hall–Kier alpha value is -2.50. The van der Waals surface area contributed by atoms with Crippen LogP contribution in [0.5, 0.6) is 5.75 Å². The number of oxazole rings is 1. The Morgan fingerprint density at radius 1 is 1.38 bits per heavy atom. The van der Waals surface area contributed by atoms with E-state index in [1.807, 2.05) is 24.3 Å². The Balaban J connectivity index is 1.64. The lowest BCUT2D eigenvalue weighted by atomic mass is 9.94. The highest BCUT2D eigenvalue weighted by atomic mass is 16.5. The number of nitrogens with one attached hydrogen (secondary N) is 1. The number of aliphatic imine (C=N–C) groups is 1. The third-order valence-electron chi connectivity index (χ3n) is 3.96. The van der Waals surface area contributed by atoms with Crippen LogP contribution in [0.4, 0.5) is 0 Å². The van der Waals surface area contributed by atoms with E-state index in [0.29, 0.717) is 25.0 Å². The largest absolute Gasteiger partial charge is 0.493 e. The number of ether oxygens (including phenoxy) is 1. The molecule has 0 saturated heterocycles. The molecule has 6 heteroatoms. The smallest absolute Gasteiger partial charge is 0.216 e. The zero-order valence-electron chi connectivity index (χ0n) is 14.4. The number of guanidine groups is 1. The standard InChI is InChI=1S/C18H24N4O2/c1-18(2,3)15-10-20-16(24-15)11-21-17(19)22-13-8-9-23-14-7-5-4-6-12(13)14/h4-7,10,13H,8-9,11H2,1-3H3,(H3,19,21,22). The van der Waals surface area contributed by atoms with Gasteiger partial charge in [-0.1, -0.05) is 39.0 Å². The van der Waals surface area contributed by atoms with Gasteiger partial charge in [-0.2, -0.15) is 0 Å². The molecule has 2 aromatic rings. The first-order valence-corrected chi connectivity index (χ1v) is 8.17. The summed E-state index contributed by atoms with van der Waals surface area (Å²) in [5.74, 6) is 2.69. The van der Waals surface area contributed by atoms with E-state index < -0.39 is 0 Å². The van der Waals surface area contributed by atoms with E-state index in [2.05, 4.69) is 36.1 Å². The van der Waals surface area contributed by atoms with Crippen LogP contribution >= 0.6 is 0 Å². The van der Waals surface area contributed by atoms with Crippen molar-refractivity contribution in [1.29, 1.82) is 0 Å². The van der Waals surface area contributed by atoms with Crippen LogP contribution in [0.25, 0.3) is 0 Å². The number of fused-ring (bicyclic) bond motifs is 1. The third-order valence-corrected chi connectivity index (χ3v) is 3.96. The van der Waals surface area contributed by atoms with Crippen molar-refractivity contribution >= 4 is 5.96 Å². The molecule has 1 aliphatic rings. The van der Waals surface area contributed by atoms with Gasteiger partial charge in [0.1, 0.15) is 18.1 Å². The first-order chi connectivity index (χ1) is 11.4. The minimum Gasteiger partial charge on any atom is -0.493 e. The Morgan fingerprint density at radius 3 is 2.92 bits per heavy atom. The maximum absolute atomic E-state index is 6.03. The van der Waals surface area contributed by atoms with Gasteiger partial charge in [-0.05, 0) is 6.07 Å². The van der Waals surface area contributed by atoms with Crippen LogP contribution in [0.3, 0.4) is 0 Å². The van der Waals surface area contributed by atoms with Crippen molar-refractivity contribution in [3.05, 3.63) is 47.7 Å². The molecule has 1 aromatic heterocycles. The van der Waals surface area contributed by atoms with Crippen molar-refractivity contribution in [3.8, 4) is 5.75 Å². The number of rotatable bonds is 3. The Kier molecular flexibility index (Phi) is 4.46. The minimum atomic E-state index is -0.0649. The fraction of sp³-hybridized carbons (Fsp3) is 0.444. The summed E-state index contributed by atoms with van der Waals surface area (Å²) < 4.78 is 11.4. The number of nitrogens with two attached hydrogens (primary N) is 1. The number of nitrogens with zero attached hydrogens (tertiary/aromatic N) is 2. The third kappa shape index (κ3) is 3.69. The lowest BCUT2D eigenvalue weighted by Crippen LogP contribution is -2.37. The number of hydrogen-bond acceptors (Lipinski definition) is 4. The van der Waals surface area contributed by atoms with E-state index >= 15 is 0 Å². The number of aromatic nitrogens is 1. The highest BCUT2D eigenvalue weighted by molar-refractivity contribution is 5.78. The molecule has 128 valence electrons. The lowest BCUT2D eigenvalue weighted by molar-refractivity contribution is 0.262. The maximum Gasteiger partial charge on any atom is 0.216 e. The topological polar surface area (TPSA) is 85.7 Å². The van der Waals surface area contributed by atoms with Gasteiger partial charge in [0.25, 0.3) is 0 Å². The number of benzene rings is 1. The van der Waals surface area contributed by atoms with Gasteiger partial charge in [0.2, 0.25) is 5.89 Å². The van der Waals surface area contributed by atoms with Crippen molar-refractivity contribution in [2.24, 2.45) is 10.7 Å². The van der Waals surface area contributed by atoms with Crippen LogP contribution in [-0.4, -0.2) is 17.6 Å².